The summed E-state index contributed by atoms with van der Waals surface area (Å²) in [7, 11) is 0. The fourth-order valence-electron chi connectivity index (χ4n) is 1.66. The predicted molar refractivity (Wildman–Crippen MR) is 79.0 cm³/mol. The monoisotopic (exact) mass is 261 g/mol. The molecule has 0 heterocycles. The zero-order valence-electron chi connectivity index (χ0n) is 10.9. The van der Waals surface area contributed by atoms with Gasteiger partial charge >= 0.3 is 0 Å². The summed E-state index contributed by atoms with van der Waals surface area (Å²) in [5.41, 5.74) is 3.34. The van der Waals surface area contributed by atoms with Crippen molar-refractivity contribution in [2.24, 2.45) is 5.16 Å². The molecule has 0 saturated carbocycles. The second-order valence-corrected chi connectivity index (χ2v) is 4.12. The second kappa shape index (κ2) is 6.91. The maximum Gasteiger partial charge on any atom is 0.142 e. The summed E-state index contributed by atoms with van der Waals surface area (Å²) in [4.78, 5) is 5.19. The van der Waals surface area contributed by atoms with Crippen LogP contribution in [0.25, 0.3) is 6.08 Å². The van der Waals surface area contributed by atoms with E-state index in [1.807, 2.05) is 30.3 Å². The predicted octanol–water partition coefficient (Wildman–Crippen LogP) is 3.63. The molecular formula is C17H13N2O. The van der Waals surface area contributed by atoms with Crippen molar-refractivity contribution in [3.8, 4) is 6.07 Å². The van der Waals surface area contributed by atoms with Crippen molar-refractivity contribution in [1.82, 2.24) is 0 Å². The van der Waals surface area contributed by atoms with E-state index in [-0.39, 0.29) is 0 Å². The molecule has 0 saturated heterocycles. The van der Waals surface area contributed by atoms with Gasteiger partial charge in [0.2, 0.25) is 0 Å². The molecule has 0 N–H and O–H groups in total. The molecule has 0 fully saturated rings. The smallest absolute Gasteiger partial charge is 0.142 e. The molecule has 0 aliphatic carbocycles. The number of rotatable bonds is 5. The SMILES string of the molecule is C=Cc1cccc(CO/N=[C]\c2cccc(C#N)c2)c1. The minimum Gasteiger partial charge on any atom is -0.390 e. The van der Waals surface area contributed by atoms with E-state index in [0.717, 1.165) is 11.1 Å². The topological polar surface area (TPSA) is 45.4 Å². The molecule has 0 atom stereocenters. The van der Waals surface area contributed by atoms with Gasteiger partial charge in [0.05, 0.1) is 11.6 Å². The van der Waals surface area contributed by atoms with E-state index in [9.17, 15) is 0 Å². The van der Waals surface area contributed by atoms with Gasteiger partial charge in [-0.15, -0.1) is 0 Å². The second-order valence-electron chi connectivity index (χ2n) is 4.12. The molecular weight excluding hydrogens is 248 g/mol. The van der Waals surface area contributed by atoms with Gasteiger partial charge in [-0.3, -0.25) is 0 Å². The van der Waals surface area contributed by atoms with Crippen molar-refractivity contribution < 1.29 is 4.84 Å². The summed E-state index contributed by atoms with van der Waals surface area (Å²) < 4.78 is 0. The number of nitriles is 1. The van der Waals surface area contributed by atoms with Crippen LogP contribution in [0.3, 0.4) is 0 Å². The maximum atomic E-state index is 8.78. The van der Waals surface area contributed by atoms with E-state index in [2.05, 4.69) is 24.0 Å². The summed E-state index contributed by atoms with van der Waals surface area (Å²) in [6, 6.07) is 16.9. The third-order valence-corrected chi connectivity index (χ3v) is 2.65. The van der Waals surface area contributed by atoms with E-state index in [0.29, 0.717) is 17.7 Å². The van der Waals surface area contributed by atoms with E-state index >= 15 is 0 Å². The number of nitrogens with zero attached hydrogens (tertiary/aromatic N) is 2. The molecule has 2 rings (SSSR count). The zero-order valence-corrected chi connectivity index (χ0v) is 10.9. The lowest BCUT2D eigenvalue weighted by molar-refractivity contribution is 0.132. The van der Waals surface area contributed by atoms with Crippen LogP contribution in [0, 0.1) is 11.3 Å². The summed E-state index contributed by atoms with van der Waals surface area (Å²) >= 11 is 0. The minimum absolute atomic E-state index is 0.368. The van der Waals surface area contributed by atoms with Gasteiger partial charge in [-0.05, 0) is 29.3 Å². The number of hydrogen-bond donors (Lipinski definition) is 0. The third kappa shape index (κ3) is 3.82. The van der Waals surface area contributed by atoms with Crippen molar-refractivity contribution in [3.05, 3.63) is 77.4 Å². The minimum atomic E-state index is 0.368. The van der Waals surface area contributed by atoms with E-state index < -0.39 is 0 Å². The first-order valence-electron chi connectivity index (χ1n) is 6.11. The first-order chi connectivity index (χ1) is 9.81. The maximum absolute atomic E-state index is 8.78. The molecule has 2 aromatic rings. The van der Waals surface area contributed by atoms with E-state index in [1.165, 1.54) is 0 Å². The van der Waals surface area contributed by atoms with Gasteiger partial charge < -0.3 is 4.84 Å². The van der Waals surface area contributed by atoms with Crippen LogP contribution in [0.5, 0.6) is 0 Å². The van der Waals surface area contributed by atoms with Crippen LogP contribution in [0.15, 0.2) is 60.3 Å². The van der Waals surface area contributed by atoms with Gasteiger partial charge in [0.1, 0.15) is 12.8 Å². The Morgan fingerprint density at radius 3 is 2.75 bits per heavy atom. The van der Waals surface area contributed by atoms with Crippen molar-refractivity contribution in [2.75, 3.05) is 0 Å². The lowest BCUT2D eigenvalue weighted by Gasteiger charge is -2.01. The Labute approximate surface area is 118 Å². The molecule has 0 unspecified atom stereocenters. The first-order valence-corrected chi connectivity index (χ1v) is 6.11. The average molecular weight is 261 g/mol. The Hall–Kier alpha value is -2.86. The highest BCUT2D eigenvalue weighted by Crippen LogP contribution is 2.08. The summed E-state index contributed by atoms with van der Waals surface area (Å²) in [5, 5.41) is 12.6. The Morgan fingerprint density at radius 1 is 1.15 bits per heavy atom. The lowest BCUT2D eigenvalue weighted by Crippen LogP contribution is -1.89. The van der Waals surface area contributed by atoms with Gasteiger partial charge in [0.25, 0.3) is 0 Å². The van der Waals surface area contributed by atoms with Crippen LogP contribution >= 0.6 is 0 Å². The highest BCUT2D eigenvalue weighted by Gasteiger charge is 1.95. The molecule has 0 spiro atoms. The van der Waals surface area contributed by atoms with Gasteiger partial charge in [0, 0.05) is 5.56 Å². The fraction of sp³-hybridized carbons (Fsp3) is 0.0588. The van der Waals surface area contributed by atoms with Crippen molar-refractivity contribution in [1.29, 1.82) is 5.26 Å². The normalized spacial score (nSPS) is 10.2. The molecule has 0 aliphatic rings. The largest absolute Gasteiger partial charge is 0.390 e. The Bertz CT molecular complexity index is 669. The average Bonchev–Trinajstić information content (AvgIpc) is 2.52. The van der Waals surface area contributed by atoms with Crippen LogP contribution in [-0.4, -0.2) is 6.21 Å². The van der Waals surface area contributed by atoms with E-state index in [1.54, 1.807) is 24.3 Å². The molecule has 3 heteroatoms. The van der Waals surface area contributed by atoms with Crippen LogP contribution < -0.4 is 0 Å². The molecule has 1 radical (unpaired) electrons. The molecule has 0 bridgehead atoms. The third-order valence-electron chi connectivity index (χ3n) is 2.65. The summed E-state index contributed by atoms with van der Waals surface area (Å²) in [5.74, 6) is 0. The van der Waals surface area contributed by atoms with E-state index in [4.69, 9.17) is 10.1 Å². The Morgan fingerprint density at radius 2 is 1.95 bits per heavy atom. The van der Waals surface area contributed by atoms with Gasteiger partial charge in [0.15, 0.2) is 0 Å². The molecule has 20 heavy (non-hydrogen) atoms. The first kappa shape index (κ1) is 13.6. The van der Waals surface area contributed by atoms with Gasteiger partial charge in [-0.2, -0.15) is 5.26 Å². The van der Waals surface area contributed by atoms with Crippen LogP contribution in [-0.2, 0) is 11.4 Å². The number of hydrogen-bond acceptors (Lipinski definition) is 3. The standard InChI is InChI=1S/C17H13N2O/c1-2-14-5-3-8-17(9-14)13-20-19-12-16-7-4-6-15(10-16)11-18/h2-10H,1,13H2. The van der Waals surface area contributed by atoms with Crippen molar-refractivity contribution >= 4 is 12.3 Å². The quantitative estimate of drug-likeness (QED) is 0.609. The van der Waals surface area contributed by atoms with Gasteiger partial charge in [-0.25, -0.2) is 0 Å². The molecule has 0 amide bonds. The summed E-state index contributed by atoms with van der Waals surface area (Å²) in [6.07, 6.45) is 4.53. The lowest BCUT2D eigenvalue weighted by atomic mass is 10.1. The van der Waals surface area contributed by atoms with Crippen molar-refractivity contribution in [3.63, 3.8) is 0 Å². The molecule has 3 nitrogen and oxygen atoms in total. The molecule has 2 aromatic carbocycles. The van der Waals surface area contributed by atoms with Gasteiger partial charge in [-0.1, -0.05) is 48.1 Å². The highest BCUT2D eigenvalue weighted by atomic mass is 16.6. The van der Waals surface area contributed by atoms with Crippen LogP contribution in [0.4, 0.5) is 0 Å². The molecule has 0 aromatic heterocycles. The zero-order chi connectivity index (χ0) is 14.2. The van der Waals surface area contributed by atoms with Crippen LogP contribution in [0.2, 0.25) is 0 Å². The molecule has 97 valence electrons. The Kier molecular flexibility index (Phi) is 4.69. The Balaban J connectivity index is 1.93. The number of benzene rings is 2. The summed E-state index contributed by atoms with van der Waals surface area (Å²) in [6.45, 7) is 4.09. The van der Waals surface area contributed by atoms with Crippen LogP contribution in [0.1, 0.15) is 22.3 Å². The fourth-order valence-corrected chi connectivity index (χ4v) is 1.66. The van der Waals surface area contributed by atoms with Crippen molar-refractivity contribution in [2.45, 2.75) is 6.61 Å². The highest BCUT2D eigenvalue weighted by molar-refractivity contribution is 5.79. The molecule has 0 aliphatic heterocycles.